The van der Waals surface area contributed by atoms with Gasteiger partial charge in [-0.25, -0.2) is 0 Å². The van der Waals surface area contributed by atoms with Crippen LogP contribution in [0.1, 0.15) is 32.1 Å². The van der Waals surface area contributed by atoms with Gasteiger partial charge in [-0.05, 0) is 45.2 Å². The van der Waals surface area contributed by atoms with Crippen LogP contribution in [-0.4, -0.2) is 46.3 Å². The Balaban J connectivity index is 1.85. The minimum absolute atomic E-state index is 0.167. The van der Waals surface area contributed by atoms with Gasteiger partial charge in [0.2, 0.25) is 0 Å². The van der Waals surface area contributed by atoms with E-state index < -0.39 is 5.97 Å². The lowest BCUT2D eigenvalue weighted by Gasteiger charge is -2.36. The molecule has 2 aliphatic rings. The molecule has 0 spiro atoms. The smallest absolute Gasteiger partial charge is 0.306 e. The second-order valence-corrected chi connectivity index (χ2v) is 4.71. The molecule has 0 bridgehead atoms. The Hall–Kier alpha value is -0.610. The van der Waals surface area contributed by atoms with Gasteiger partial charge in [0.05, 0.1) is 12.0 Å². The Morgan fingerprint density at radius 1 is 1.13 bits per heavy atom. The SMILES string of the molecule is O=C(O)C1CCN(C2CCCC2O)CC1. The van der Waals surface area contributed by atoms with Gasteiger partial charge in [0, 0.05) is 6.04 Å². The van der Waals surface area contributed by atoms with E-state index in [1.54, 1.807) is 0 Å². The van der Waals surface area contributed by atoms with Crippen LogP contribution in [-0.2, 0) is 4.79 Å². The molecule has 4 heteroatoms. The Labute approximate surface area is 89.9 Å². The van der Waals surface area contributed by atoms with Crippen LogP contribution < -0.4 is 0 Å². The van der Waals surface area contributed by atoms with Gasteiger partial charge in [-0.2, -0.15) is 0 Å². The number of carboxylic acids is 1. The highest BCUT2D eigenvalue weighted by molar-refractivity contribution is 5.70. The molecule has 0 radical (unpaired) electrons. The van der Waals surface area contributed by atoms with Crippen molar-refractivity contribution in [3.63, 3.8) is 0 Å². The third-order valence-electron chi connectivity index (χ3n) is 3.79. The van der Waals surface area contributed by atoms with Gasteiger partial charge < -0.3 is 10.2 Å². The van der Waals surface area contributed by atoms with E-state index >= 15 is 0 Å². The van der Waals surface area contributed by atoms with Crippen molar-refractivity contribution < 1.29 is 15.0 Å². The van der Waals surface area contributed by atoms with Crippen molar-refractivity contribution in [2.24, 2.45) is 5.92 Å². The number of piperidine rings is 1. The van der Waals surface area contributed by atoms with Crippen LogP contribution in [0.25, 0.3) is 0 Å². The summed E-state index contributed by atoms with van der Waals surface area (Å²) in [5, 5.41) is 18.6. The highest BCUT2D eigenvalue weighted by atomic mass is 16.4. The summed E-state index contributed by atoms with van der Waals surface area (Å²) >= 11 is 0. The fourth-order valence-electron chi connectivity index (χ4n) is 2.82. The third-order valence-corrected chi connectivity index (χ3v) is 3.79. The van der Waals surface area contributed by atoms with E-state index in [0.717, 1.165) is 45.2 Å². The molecular formula is C11H19NO3. The van der Waals surface area contributed by atoms with Gasteiger partial charge >= 0.3 is 5.97 Å². The molecule has 1 saturated heterocycles. The lowest BCUT2D eigenvalue weighted by Crippen LogP contribution is -2.46. The molecule has 0 aromatic carbocycles. The van der Waals surface area contributed by atoms with Crippen LogP contribution >= 0.6 is 0 Å². The minimum atomic E-state index is -0.665. The largest absolute Gasteiger partial charge is 0.481 e. The molecule has 0 amide bonds. The molecule has 1 heterocycles. The molecule has 2 N–H and O–H groups in total. The molecule has 0 aromatic rings. The Morgan fingerprint density at radius 3 is 2.27 bits per heavy atom. The second-order valence-electron chi connectivity index (χ2n) is 4.71. The summed E-state index contributed by atoms with van der Waals surface area (Å²) in [6.45, 7) is 1.66. The number of rotatable bonds is 2. The van der Waals surface area contributed by atoms with Crippen molar-refractivity contribution in [1.82, 2.24) is 4.90 Å². The average Bonchev–Trinajstić information content (AvgIpc) is 2.65. The van der Waals surface area contributed by atoms with Crippen molar-refractivity contribution >= 4 is 5.97 Å². The van der Waals surface area contributed by atoms with Crippen LogP contribution in [0.3, 0.4) is 0 Å². The molecule has 15 heavy (non-hydrogen) atoms. The van der Waals surface area contributed by atoms with E-state index in [1.807, 2.05) is 0 Å². The van der Waals surface area contributed by atoms with Crippen LogP contribution in [0.15, 0.2) is 0 Å². The standard InChI is InChI=1S/C11H19NO3/c13-10-3-1-2-9(10)12-6-4-8(5-7-12)11(14)15/h8-10,13H,1-7H2,(H,14,15). The topological polar surface area (TPSA) is 60.8 Å². The van der Waals surface area contributed by atoms with E-state index in [-0.39, 0.29) is 12.0 Å². The fraction of sp³-hybridized carbons (Fsp3) is 0.909. The summed E-state index contributed by atoms with van der Waals surface area (Å²) in [7, 11) is 0. The first kappa shape index (κ1) is 10.9. The first-order valence-electron chi connectivity index (χ1n) is 5.83. The summed E-state index contributed by atoms with van der Waals surface area (Å²) in [4.78, 5) is 13.1. The number of carbonyl (C=O) groups is 1. The number of nitrogens with zero attached hydrogens (tertiary/aromatic N) is 1. The fourth-order valence-corrected chi connectivity index (χ4v) is 2.82. The summed E-state index contributed by atoms with van der Waals surface area (Å²) in [5.74, 6) is -0.832. The molecule has 2 atom stereocenters. The monoisotopic (exact) mass is 213 g/mol. The zero-order valence-corrected chi connectivity index (χ0v) is 8.93. The summed E-state index contributed by atoms with van der Waals surface area (Å²) in [5.41, 5.74) is 0. The van der Waals surface area contributed by atoms with Gasteiger partial charge in [0.15, 0.2) is 0 Å². The van der Waals surface area contributed by atoms with Crippen molar-refractivity contribution in [3.8, 4) is 0 Å². The maximum atomic E-state index is 10.8. The molecule has 2 unspecified atom stereocenters. The minimum Gasteiger partial charge on any atom is -0.481 e. The number of hydrogen-bond acceptors (Lipinski definition) is 3. The summed E-state index contributed by atoms with van der Waals surface area (Å²) < 4.78 is 0. The molecule has 1 saturated carbocycles. The zero-order chi connectivity index (χ0) is 10.8. The van der Waals surface area contributed by atoms with Gasteiger partial charge in [-0.15, -0.1) is 0 Å². The number of hydrogen-bond donors (Lipinski definition) is 2. The summed E-state index contributed by atoms with van der Waals surface area (Å²) in [6, 6.07) is 0.291. The first-order chi connectivity index (χ1) is 7.18. The molecule has 86 valence electrons. The van der Waals surface area contributed by atoms with Crippen molar-refractivity contribution in [1.29, 1.82) is 0 Å². The molecule has 1 aliphatic carbocycles. The van der Waals surface area contributed by atoms with Crippen molar-refractivity contribution in [2.75, 3.05) is 13.1 Å². The lowest BCUT2D eigenvalue weighted by atomic mass is 9.95. The van der Waals surface area contributed by atoms with Gasteiger partial charge in [-0.1, -0.05) is 0 Å². The molecule has 0 aromatic heterocycles. The van der Waals surface area contributed by atoms with E-state index in [9.17, 15) is 9.90 Å². The Bertz CT molecular complexity index is 236. The highest BCUT2D eigenvalue weighted by Crippen LogP contribution is 2.28. The predicted molar refractivity (Wildman–Crippen MR) is 55.6 cm³/mol. The number of aliphatic carboxylic acids is 1. The van der Waals surface area contributed by atoms with Crippen LogP contribution in [0, 0.1) is 5.92 Å². The number of carboxylic acid groups (broad SMARTS) is 1. The van der Waals surface area contributed by atoms with E-state index in [1.165, 1.54) is 0 Å². The van der Waals surface area contributed by atoms with E-state index in [2.05, 4.69) is 4.90 Å². The number of likely N-dealkylation sites (tertiary alicyclic amines) is 1. The molecular weight excluding hydrogens is 194 g/mol. The van der Waals surface area contributed by atoms with E-state index in [0.29, 0.717) is 6.04 Å². The highest BCUT2D eigenvalue weighted by Gasteiger charge is 2.34. The van der Waals surface area contributed by atoms with Crippen LogP contribution in [0.2, 0.25) is 0 Å². The van der Waals surface area contributed by atoms with Crippen LogP contribution in [0.4, 0.5) is 0 Å². The Kier molecular flexibility index (Phi) is 3.26. The third kappa shape index (κ3) is 2.32. The van der Waals surface area contributed by atoms with Crippen molar-refractivity contribution in [3.05, 3.63) is 0 Å². The maximum absolute atomic E-state index is 10.8. The van der Waals surface area contributed by atoms with Crippen molar-refractivity contribution in [2.45, 2.75) is 44.2 Å². The average molecular weight is 213 g/mol. The molecule has 2 fully saturated rings. The predicted octanol–water partition coefficient (Wildman–Crippen LogP) is 0.696. The quantitative estimate of drug-likeness (QED) is 0.708. The maximum Gasteiger partial charge on any atom is 0.306 e. The number of aliphatic hydroxyl groups is 1. The molecule has 4 nitrogen and oxygen atoms in total. The van der Waals surface area contributed by atoms with E-state index in [4.69, 9.17) is 5.11 Å². The summed E-state index contributed by atoms with van der Waals surface area (Å²) in [6.07, 6.45) is 4.36. The zero-order valence-electron chi connectivity index (χ0n) is 8.93. The molecule has 1 aliphatic heterocycles. The van der Waals surface area contributed by atoms with Gasteiger partial charge in [-0.3, -0.25) is 9.69 Å². The molecule has 2 rings (SSSR count). The first-order valence-corrected chi connectivity index (χ1v) is 5.83. The van der Waals surface area contributed by atoms with Gasteiger partial charge in [0.1, 0.15) is 0 Å². The Morgan fingerprint density at radius 2 is 1.80 bits per heavy atom. The number of aliphatic hydroxyl groups excluding tert-OH is 1. The lowest BCUT2D eigenvalue weighted by molar-refractivity contribution is -0.143. The van der Waals surface area contributed by atoms with Gasteiger partial charge in [0.25, 0.3) is 0 Å². The normalized spacial score (nSPS) is 34.5. The second kappa shape index (κ2) is 4.49. The van der Waals surface area contributed by atoms with Crippen LogP contribution in [0.5, 0.6) is 0 Å².